The molecule has 0 aliphatic rings. The molecule has 0 atom stereocenters. The van der Waals surface area contributed by atoms with Crippen molar-refractivity contribution in [2.75, 3.05) is 26.7 Å². The van der Waals surface area contributed by atoms with Gasteiger partial charge in [-0.15, -0.1) is 6.58 Å². The predicted molar refractivity (Wildman–Crippen MR) is 77.2 cm³/mol. The lowest BCUT2D eigenvalue weighted by molar-refractivity contribution is -0.130. The lowest BCUT2D eigenvalue weighted by Gasteiger charge is -2.21. The van der Waals surface area contributed by atoms with Gasteiger partial charge in [-0.1, -0.05) is 18.2 Å². The number of hydrogen-bond donors (Lipinski definition) is 1. The highest BCUT2D eigenvalue weighted by molar-refractivity contribution is 5.78. The molecule has 4 heteroatoms. The van der Waals surface area contributed by atoms with E-state index < -0.39 is 0 Å². The molecule has 0 saturated heterocycles. The van der Waals surface area contributed by atoms with Crippen LogP contribution in [0.3, 0.4) is 0 Å². The topological polar surface area (TPSA) is 41.6 Å². The van der Waals surface area contributed by atoms with Crippen molar-refractivity contribution in [2.45, 2.75) is 13.5 Å². The predicted octanol–water partition coefficient (Wildman–Crippen LogP) is 1.82. The summed E-state index contributed by atoms with van der Waals surface area (Å²) < 4.78 is 5.11. The number of likely N-dealkylation sites (N-methyl/N-ethyl adjacent to an activating group) is 1. The number of hydrogen-bond acceptors (Lipinski definition) is 3. The minimum absolute atomic E-state index is 0.0974. The summed E-state index contributed by atoms with van der Waals surface area (Å²) in [6.45, 7) is 7.89. The van der Waals surface area contributed by atoms with Crippen LogP contribution in [0.2, 0.25) is 0 Å². The van der Waals surface area contributed by atoms with Crippen molar-refractivity contribution in [3.63, 3.8) is 0 Å². The quantitative estimate of drug-likeness (QED) is 0.574. The fourth-order valence-corrected chi connectivity index (χ4v) is 1.72. The number of carbonyl (C=O) groups is 1. The second kappa shape index (κ2) is 8.32. The SMILES string of the molecule is C=CCNCC(=O)N(CC)Cc1ccc(OC)cc1. The molecule has 1 N–H and O–H groups in total. The van der Waals surface area contributed by atoms with Gasteiger partial charge in [0.25, 0.3) is 0 Å². The van der Waals surface area contributed by atoms with E-state index in [0.717, 1.165) is 11.3 Å². The number of nitrogens with zero attached hydrogens (tertiary/aromatic N) is 1. The third-order valence-corrected chi connectivity index (χ3v) is 2.83. The molecular weight excluding hydrogens is 240 g/mol. The van der Waals surface area contributed by atoms with Crippen molar-refractivity contribution >= 4 is 5.91 Å². The number of rotatable bonds is 8. The average molecular weight is 262 g/mol. The molecule has 1 aromatic rings. The highest BCUT2D eigenvalue weighted by Crippen LogP contribution is 2.12. The zero-order chi connectivity index (χ0) is 14.1. The van der Waals surface area contributed by atoms with Crippen LogP contribution < -0.4 is 10.1 Å². The van der Waals surface area contributed by atoms with E-state index in [2.05, 4.69) is 11.9 Å². The zero-order valence-corrected chi connectivity index (χ0v) is 11.7. The van der Waals surface area contributed by atoms with Gasteiger partial charge in [-0.05, 0) is 24.6 Å². The summed E-state index contributed by atoms with van der Waals surface area (Å²) in [4.78, 5) is 13.8. The van der Waals surface area contributed by atoms with E-state index in [0.29, 0.717) is 26.2 Å². The first-order valence-electron chi connectivity index (χ1n) is 6.43. The Balaban J connectivity index is 2.54. The van der Waals surface area contributed by atoms with E-state index in [1.54, 1.807) is 13.2 Å². The molecule has 1 rings (SSSR count). The first-order valence-corrected chi connectivity index (χ1v) is 6.43. The minimum atomic E-state index is 0.0974. The first kappa shape index (κ1) is 15.2. The number of carbonyl (C=O) groups excluding carboxylic acids is 1. The van der Waals surface area contributed by atoms with Crippen LogP contribution in [0, 0.1) is 0 Å². The van der Waals surface area contributed by atoms with Crippen LogP contribution in [-0.2, 0) is 11.3 Å². The molecule has 0 aliphatic heterocycles. The Bertz CT molecular complexity index is 401. The molecule has 0 radical (unpaired) electrons. The van der Waals surface area contributed by atoms with Gasteiger partial charge in [0.15, 0.2) is 0 Å². The van der Waals surface area contributed by atoms with Crippen LogP contribution in [0.15, 0.2) is 36.9 Å². The van der Waals surface area contributed by atoms with Gasteiger partial charge in [-0.25, -0.2) is 0 Å². The first-order chi connectivity index (χ1) is 9.21. The molecule has 0 saturated carbocycles. The highest BCUT2D eigenvalue weighted by atomic mass is 16.5. The average Bonchev–Trinajstić information content (AvgIpc) is 2.45. The molecule has 1 aromatic carbocycles. The Morgan fingerprint density at radius 2 is 2.11 bits per heavy atom. The van der Waals surface area contributed by atoms with E-state index in [1.807, 2.05) is 36.1 Å². The van der Waals surface area contributed by atoms with Crippen LogP contribution in [0.5, 0.6) is 5.75 Å². The van der Waals surface area contributed by atoms with E-state index >= 15 is 0 Å². The maximum absolute atomic E-state index is 12.0. The van der Waals surface area contributed by atoms with Crippen LogP contribution in [0.1, 0.15) is 12.5 Å². The summed E-state index contributed by atoms with van der Waals surface area (Å²) in [5.74, 6) is 0.922. The third-order valence-electron chi connectivity index (χ3n) is 2.83. The summed E-state index contributed by atoms with van der Waals surface area (Å²) in [6, 6.07) is 7.77. The Hall–Kier alpha value is -1.81. The Morgan fingerprint density at radius 1 is 1.42 bits per heavy atom. The van der Waals surface area contributed by atoms with Crippen LogP contribution >= 0.6 is 0 Å². The van der Waals surface area contributed by atoms with Gasteiger partial charge >= 0.3 is 0 Å². The van der Waals surface area contributed by atoms with Crippen molar-refractivity contribution in [2.24, 2.45) is 0 Å². The number of amides is 1. The standard InChI is InChI=1S/C15H22N2O2/c1-4-10-16-11-15(18)17(5-2)12-13-6-8-14(19-3)9-7-13/h4,6-9,16H,1,5,10-12H2,2-3H3. The second-order valence-electron chi connectivity index (χ2n) is 4.18. The molecule has 19 heavy (non-hydrogen) atoms. The van der Waals surface area contributed by atoms with E-state index in [9.17, 15) is 4.79 Å². The normalized spacial score (nSPS) is 10.0. The van der Waals surface area contributed by atoms with Crippen molar-refractivity contribution in [1.82, 2.24) is 10.2 Å². The summed E-state index contributed by atoms with van der Waals surface area (Å²) in [5.41, 5.74) is 1.10. The summed E-state index contributed by atoms with van der Waals surface area (Å²) in [7, 11) is 1.64. The van der Waals surface area contributed by atoms with Crippen molar-refractivity contribution in [3.8, 4) is 5.75 Å². The van der Waals surface area contributed by atoms with Gasteiger partial charge in [-0.3, -0.25) is 4.79 Å². The van der Waals surface area contributed by atoms with E-state index in [4.69, 9.17) is 4.74 Å². The van der Waals surface area contributed by atoms with E-state index in [1.165, 1.54) is 0 Å². The minimum Gasteiger partial charge on any atom is -0.497 e. The molecule has 0 bridgehead atoms. The van der Waals surface area contributed by atoms with Gasteiger partial charge in [0.1, 0.15) is 5.75 Å². The summed E-state index contributed by atoms with van der Waals surface area (Å²) in [5, 5.41) is 3.02. The van der Waals surface area contributed by atoms with Gasteiger partial charge in [0, 0.05) is 19.6 Å². The fraction of sp³-hybridized carbons (Fsp3) is 0.400. The molecule has 104 valence electrons. The zero-order valence-electron chi connectivity index (χ0n) is 11.7. The third kappa shape index (κ3) is 5.14. The van der Waals surface area contributed by atoms with Crippen molar-refractivity contribution in [1.29, 1.82) is 0 Å². The van der Waals surface area contributed by atoms with Gasteiger partial charge in [-0.2, -0.15) is 0 Å². The number of benzene rings is 1. The molecule has 0 spiro atoms. The smallest absolute Gasteiger partial charge is 0.236 e. The summed E-state index contributed by atoms with van der Waals surface area (Å²) >= 11 is 0. The molecule has 4 nitrogen and oxygen atoms in total. The van der Waals surface area contributed by atoms with Crippen molar-refractivity contribution < 1.29 is 9.53 Å². The Morgan fingerprint density at radius 3 is 2.63 bits per heavy atom. The molecule has 0 fully saturated rings. The maximum atomic E-state index is 12.0. The number of ether oxygens (including phenoxy) is 1. The molecule has 0 unspecified atom stereocenters. The molecule has 0 aliphatic carbocycles. The maximum Gasteiger partial charge on any atom is 0.236 e. The fourth-order valence-electron chi connectivity index (χ4n) is 1.72. The van der Waals surface area contributed by atoms with Gasteiger partial charge < -0.3 is 15.0 Å². The van der Waals surface area contributed by atoms with Gasteiger partial charge in [0.05, 0.1) is 13.7 Å². The monoisotopic (exact) mass is 262 g/mol. The van der Waals surface area contributed by atoms with Crippen LogP contribution in [0.4, 0.5) is 0 Å². The van der Waals surface area contributed by atoms with Crippen LogP contribution in [0.25, 0.3) is 0 Å². The Labute approximate surface area is 115 Å². The number of nitrogens with one attached hydrogen (secondary N) is 1. The lowest BCUT2D eigenvalue weighted by Crippen LogP contribution is -2.37. The molecular formula is C15H22N2O2. The second-order valence-corrected chi connectivity index (χ2v) is 4.18. The molecule has 0 aromatic heterocycles. The molecule has 1 amide bonds. The van der Waals surface area contributed by atoms with Crippen LogP contribution in [-0.4, -0.2) is 37.6 Å². The van der Waals surface area contributed by atoms with Crippen molar-refractivity contribution in [3.05, 3.63) is 42.5 Å². The van der Waals surface area contributed by atoms with E-state index in [-0.39, 0.29) is 5.91 Å². The lowest BCUT2D eigenvalue weighted by atomic mass is 10.2. The number of methoxy groups -OCH3 is 1. The highest BCUT2D eigenvalue weighted by Gasteiger charge is 2.11. The Kier molecular flexibility index (Phi) is 6.68. The molecule has 0 heterocycles. The largest absolute Gasteiger partial charge is 0.497 e. The summed E-state index contributed by atoms with van der Waals surface area (Å²) in [6.07, 6.45) is 1.74. The van der Waals surface area contributed by atoms with Gasteiger partial charge in [0.2, 0.25) is 5.91 Å².